The molecule has 2 heterocycles. The lowest BCUT2D eigenvalue weighted by Crippen LogP contribution is -2.51. The molecule has 3 aromatic carbocycles. The summed E-state index contributed by atoms with van der Waals surface area (Å²) in [4.78, 5) is 0. The topological polar surface area (TPSA) is 32.3 Å². The summed E-state index contributed by atoms with van der Waals surface area (Å²) in [6.07, 6.45) is 0.607. The first-order chi connectivity index (χ1) is 10.6. The van der Waals surface area contributed by atoms with E-state index in [4.69, 9.17) is 0 Å². The third-order valence-electron chi connectivity index (χ3n) is 5.38. The van der Waals surface area contributed by atoms with E-state index in [-0.39, 0.29) is 5.54 Å². The summed E-state index contributed by atoms with van der Waals surface area (Å²) in [7, 11) is 0. The van der Waals surface area contributed by atoms with Crippen molar-refractivity contribution in [2.75, 3.05) is 0 Å². The Bertz CT molecular complexity index is 932. The minimum absolute atomic E-state index is 0.330. The van der Waals surface area contributed by atoms with Crippen LogP contribution in [0.1, 0.15) is 29.2 Å². The molecule has 3 aromatic rings. The van der Waals surface area contributed by atoms with Crippen LogP contribution in [0.25, 0.3) is 10.8 Å². The quantitative estimate of drug-likeness (QED) is 0.664. The highest BCUT2D eigenvalue weighted by molar-refractivity contribution is 5.88. The second kappa shape index (κ2) is 3.78. The standard InChI is InChI=1S/C20H17NO/c1-19-16-11-10-13-6-2-3-7-14(13)15(16)12-20(22,21-19)18-9-5-4-8-17(18)19/h2-11,21-22H,12H2,1H3. The molecule has 0 fully saturated rings. The molecule has 108 valence electrons. The lowest BCUT2D eigenvalue weighted by molar-refractivity contribution is -0.0118. The largest absolute Gasteiger partial charge is 0.371 e. The zero-order valence-electron chi connectivity index (χ0n) is 12.4. The van der Waals surface area contributed by atoms with Crippen LogP contribution < -0.4 is 5.32 Å². The van der Waals surface area contributed by atoms with Crippen LogP contribution in [-0.4, -0.2) is 5.11 Å². The number of hydrogen-bond donors (Lipinski definition) is 2. The lowest BCUT2D eigenvalue weighted by Gasteiger charge is -2.39. The van der Waals surface area contributed by atoms with Gasteiger partial charge in [-0.2, -0.15) is 0 Å². The van der Waals surface area contributed by atoms with E-state index >= 15 is 0 Å². The van der Waals surface area contributed by atoms with Gasteiger partial charge in [0.1, 0.15) is 5.72 Å². The van der Waals surface area contributed by atoms with Gasteiger partial charge in [-0.15, -0.1) is 0 Å². The second-order valence-electron chi connectivity index (χ2n) is 6.65. The summed E-state index contributed by atoms with van der Waals surface area (Å²) in [5, 5.41) is 17.2. The van der Waals surface area contributed by atoms with E-state index < -0.39 is 5.72 Å². The van der Waals surface area contributed by atoms with Crippen LogP contribution in [-0.2, 0) is 17.7 Å². The second-order valence-corrected chi connectivity index (χ2v) is 6.65. The average molecular weight is 287 g/mol. The molecule has 0 aromatic heterocycles. The fraction of sp³-hybridized carbons (Fsp3) is 0.200. The van der Waals surface area contributed by atoms with Crippen molar-refractivity contribution in [1.29, 1.82) is 0 Å². The molecule has 2 bridgehead atoms. The summed E-state index contributed by atoms with van der Waals surface area (Å²) in [6, 6.07) is 21.1. The predicted molar refractivity (Wildman–Crippen MR) is 87.6 cm³/mol. The van der Waals surface area contributed by atoms with Crippen molar-refractivity contribution < 1.29 is 5.11 Å². The molecule has 22 heavy (non-hydrogen) atoms. The first-order valence-electron chi connectivity index (χ1n) is 7.75. The highest BCUT2D eigenvalue weighted by Crippen LogP contribution is 2.51. The number of aliphatic hydroxyl groups is 1. The van der Waals surface area contributed by atoms with Gasteiger partial charge in [0.25, 0.3) is 0 Å². The van der Waals surface area contributed by atoms with Crippen molar-refractivity contribution in [3.63, 3.8) is 0 Å². The van der Waals surface area contributed by atoms with Gasteiger partial charge in [0.15, 0.2) is 0 Å². The molecule has 5 rings (SSSR count). The van der Waals surface area contributed by atoms with Crippen LogP contribution in [0.3, 0.4) is 0 Å². The van der Waals surface area contributed by atoms with Gasteiger partial charge in [0.2, 0.25) is 0 Å². The molecule has 2 atom stereocenters. The van der Waals surface area contributed by atoms with E-state index in [2.05, 4.69) is 60.8 Å². The first kappa shape index (κ1) is 12.4. The fourth-order valence-electron chi connectivity index (χ4n) is 4.43. The Kier molecular flexibility index (Phi) is 2.13. The van der Waals surface area contributed by atoms with Crippen molar-refractivity contribution in [3.05, 3.63) is 82.9 Å². The Balaban J connectivity index is 1.91. The number of fused-ring (bicyclic) bond motifs is 9. The van der Waals surface area contributed by atoms with Gasteiger partial charge >= 0.3 is 0 Å². The van der Waals surface area contributed by atoms with Crippen LogP contribution in [0.2, 0.25) is 0 Å². The molecule has 2 aliphatic rings. The Morgan fingerprint density at radius 3 is 2.45 bits per heavy atom. The summed E-state index contributed by atoms with van der Waals surface area (Å²) in [5.74, 6) is 0. The van der Waals surface area contributed by atoms with Gasteiger partial charge in [0.05, 0.1) is 5.54 Å². The summed E-state index contributed by atoms with van der Waals surface area (Å²) < 4.78 is 0. The van der Waals surface area contributed by atoms with Crippen LogP contribution in [0.4, 0.5) is 0 Å². The van der Waals surface area contributed by atoms with Crippen LogP contribution in [0, 0.1) is 0 Å². The van der Waals surface area contributed by atoms with Crippen LogP contribution in [0.15, 0.2) is 60.7 Å². The van der Waals surface area contributed by atoms with Crippen molar-refractivity contribution in [1.82, 2.24) is 5.32 Å². The monoisotopic (exact) mass is 287 g/mol. The van der Waals surface area contributed by atoms with Crippen molar-refractivity contribution in [2.45, 2.75) is 24.6 Å². The maximum absolute atomic E-state index is 11.2. The van der Waals surface area contributed by atoms with E-state index in [9.17, 15) is 5.11 Å². The van der Waals surface area contributed by atoms with Crippen molar-refractivity contribution in [3.8, 4) is 0 Å². The van der Waals surface area contributed by atoms with Crippen LogP contribution >= 0.6 is 0 Å². The normalized spacial score (nSPS) is 28.5. The molecule has 0 saturated carbocycles. The van der Waals surface area contributed by atoms with Gasteiger partial charge in [-0.3, -0.25) is 5.32 Å². The highest BCUT2D eigenvalue weighted by Gasteiger charge is 2.53. The molecule has 2 aliphatic heterocycles. The molecule has 0 radical (unpaired) electrons. The summed E-state index contributed by atoms with van der Waals surface area (Å²) in [5.41, 5.74) is 3.44. The van der Waals surface area contributed by atoms with E-state index in [1.165, 1.54) is 27.5 Å². The zero-order chi connectivity index (χ0) is 14.9. The fourth-order valence-corrected chi connectivity index (χ4v) is 4.43. The van der Waals surface area contributed by atoms with Crippen molar-refractivity contribution in [2.24, 2.45) is 0 Å². The first-order valence-corrected chi connectivity index (χ1v) is 7.75. The van der Waals surface area contributed by atoms with Gasteiger partial charge in [-0.05, 0) is 34.4 Å². The molecule has 0 spiro atoms. The highest BCUT2D eigenvalue weighted by atomic mass is 16.3. The predicted octanol–water partition coefficient (Wildman–Crippen LogP) is 3.41. The average Bonchev–Trinajstić information content (AvgIpc) is 2.72. The number of hydrogen-bond acceptors (Lipinski definition) is 2. The zero-order valence-corrected chi connectivity index (χ0v) is 12.4. The van der Waals surface area contributed by atoms with Gasteiger partial charge in [-0.25, -0.2) is 0 Å². The number of rotatable bonds is 0. The third-order valence-corrected chi connectivity index (χ3v) is 5.38. The molecule has 0 aliphatic carbocycles. The Morgan fingerprint density at radius 2 is 1.59 bits per heavy atom. The molecule has 0 amide bonds. The maximum Gasteiger partial charge on any atom is 0.147 e. The molecule has 0 saturated heterocycles. The Hall–Kier alpha value is -2.16. The molecular weight excluding hydrogens is 270 g/mol. The number of benzene rings is 3. The molecule has 2 unspecified atom stereocenters. The van der Waals surface area contributed by atoms with Crippen LogP contribution in [0.5, 0.6) is 0 Å². The minimum Gasteiger partial charge on any atom is -0.371 e. The Labute approximate surface area is 129 Å². The summed E-state index contributed by atoms with van der Waals surface area (Å²) >= 11 is 0. The van der Waals surface area contributed by atoms with Gasteiger partial charge in [-0.1, -0.05) is 60.7 Å². The summed E-state index contributed by atoms with van der Waals surface area (Å²) in [6.45, 7) is 2.18. The van der Waals surface area contributed by atoms with E-state index in [1.54, 1.807) is 0 Å². The van der Waals surface area contributed by atoms with Gasteiger partial charge in [0, 0.05) is 12.0 Å². The molecular formula is C20H17NO. The van der Waals surface area contributed by atoms with Gasteiger partial charge < -0.3 is 5.11 Å². The Morgan fingerprint density at radius 1 is 0.864 bits per heavy atom. The maximum atomic E-state index is 11.2. The van der Waals surface area contributed by atoms with Crippen molar-refractivity contribution >= 4 is 10.8 Å². The molecule has 2 heteroatoms. The molecule has 2 N–H and O–H groups in total. The molecule has 2 nitrogen and oxygen atoms in total. The SMILES string of the molecule is CC12NC(O)(Cc3c1ccc1ccccc31)c1ccccc12. The van der Waals surface area contributed by atoms with E-state index in [0.29, 0.717) is 6.42 Å². The third kappa shape index (κ3) is 1.32. The smallest absolute Gasteiger partial charge is 0.147 e. The van der Waals surface area contributed by atoms with E-state index in [1.807, 2.05) is 12.1 Å². The lowest BCUT2D eigenvalue weighted by atomic mass is 9.80. The number of nitrogens with one attached hydrogen (secondary N) is 1. The van der Waals surface area contributed by atoms with E-state index in [0.717, 1.165) is 5.56 Å². The minimum atomic E-state index is -0.970.